The van der Waals surface area contributed by atoms with E-state index < -0.39 is 0 Å². The predicted octanol–water partition coefficient (Wildman–Crippen LogP) is 3.04. The van der Waals surface area contributed by atoms with Crippen LogP contribution in [0.1, 0.15) is 21.6 Å². The maximum absolute atomic E-state index is 11.9. The summed E-state index contributed by atoms with van der Waals surface area (Å²) in [7, 11) is 0. The van der Waals surface area contributed by atoms with Crippen LogP contribution in [-0.2, 0) is 0 Å². The Bertz CT molecular complexity index is 563. The van der Waals surface area contributed by atoms with Crippen LogP contribution in [0.4, 0.5) is 5.69 Å². The Kier molecular flexibility index (Phi) is 3.28. The normalized spacial score (nSPS) is 10.3. The number of H-pyrrole nitrogens is 1. The first kappa shape index (κ1) is 11.9. The molecule has 0 spiro atoms. The molecule has 0 radical (unpaired) electrons. The maximum atomic E-state index is 11.9. The molecule has 17 heavy (non-hydrogen) atoms. The first-order valence-corrected chi connectivity index (χ1v) is 5.94. The van der Waals surface area contributed by atoms with Gasteiger partial charge in [-0.3, -0.25) is 9.89 Å². The Hall–Kier alpha value is -1.62. The molecule has 2 rings (SSSR count). The largest absolute Gasteiger partial charge is 0.322 e. The van der Waals surface area contributed by atoms with Gasteiger partial charge in [0.15, 0.2) is 0 Å². The highest BCUT2D eigenvalue weighted by Crippen LogP contribution is 2.20. The molecular formula is C12H12BrN3O. The fourth-order valence-corrected chi connectivity index (χ4v) is 1.75. The number of nitrogens with zero attached hydrogens (tertiary/aromatic N) is 1. The van der Waals surface area contributed by atoms with Crippen molar-refractivity contribution in [3.05, 3.63) is 45.7 Å². The van der Waals surface area contributed by atoms with E-state index in [0.717, 1.165) is 21.4 Å². The van der Waals surface area contributed by atoms with Crippen molar-refractivity contribution in [1.82, 2.24) is 10.2 Å². The number of anilines is 1. The molecule has 0 fully saturated rings. The zero-order valence-corrected chi connectivity index (χ0v) is 11.1. The van der Waals surface area contributed by atoms with Gasteiger partial charge in [0.25, 0.3) is 5.91 Å². The third-order valence-electron chi connectivity index (χ3n) is 2.49. The van der Waals surface area contributed by atoms with Gasteiger partial charge in [0, 0.05) is 15.9 Å². The zero-order chi connectivity index (χ0) is 12.4. The Labute approximate surface area is 108 Å². The summed E-state index contributed by atoms with van der Waals surface area (Å²) in [6.45, 7) is 3.79. The van der Waals surface area contributed by atoms with Crippen LogP contribution in [0.3, 0.4) is 0 Å². The van der Waals surface area contributed by atoms with Gasteiger partial charge in [0.2, 0.25) is 0 Å². The van der Waals surface area contributed by atoms with Gasteiger partial charge in [-0.25, -0.2) is 0 Å². The Balaban J connectivity index is 2.19. The SMILES string of the molecule is Cc1cc(NC(=O)c2cn[nH]c2C)ccc1Br. The average molecular weight is 294 g/mol. The van der Waals surface area contributed by atoms with Crippen LogP contribution in [0.25, 0.3) is 0 Å². The zero-order valence-electron chi connectivity index (χ0n) is 9.54. The van der Waals surface area contributed by atoms with Gasteiger partial charge in [-0.1, -0.05) is 15.9 Å². The summed E-state index contributed by atoms with van der Waals surface area (Å²) in [4.78, 5) is 11.9. The molecule has 5 heteroatoms. The van der Waals surface area contributed by atoms with E-state index in [-0.39, 0.29) is 5.91 Å². The van der Waals surface area contributed by atoms with Crippen molar-refractivity contribution < 1.29 is 4.79 Å². The number of carbonyl (C=O) groups excluding carboxylic acids is 1. The molecule has 1 heterocycles. The molecule has 0 aliphatic heterocycles. The van der Waals surface area contributed by atoms with Crippen LogP contribution in [0, 0.1) is 13.8 Å². The third kappa shape index (κ3) is 2.55. The molecule has 0 saturated carbocycles. The molecular weight excluding hydrogens is 282 g/mol. The summed E-state index contributed by atoms with van der Waals surface area (Å²) >= 11 is 3.42. The van der Waals surface area contributed by atoms with Gasteiger partial charge in [0.1, 0.15) is 0 Å². The number of aromatic nitrogens is 2. The second kappa shape index (κ2) is 4.71. The number of nitrogens with one attached hydrogen (secondary N) is 2. The molecule has 2 N–H and O–H groups in total. The lowest BCUT2D eigenvalue weighted by Crippen LogP contribution is -2.12. The van der Waals surface area contributed by atoms with Gasteiger partial charge in [0.05, 0.1) is 11.8 Å². The number of hydrogen-bond acceptors (Lipinski definition) is 2. The highest BCUT2D eigenvalue weighted by molar-refractivity contribution is 9.10. The smallest absolute Gasteiger partial charge is 0.259 e. The van der Waals surface area contributed by atoms with Crippen molar-refractivity contribution in [2.45, 2.75) is 13.8 Å². The standard InChI is InChI=1S/C12H12BrN3O/c1-7-5-9(3-4-11(7)13)15-12(17)10-6-14-16-8(10)2/h3-6H,1-2H3,(H,14,16)(H,15,17). The van der Waals surface area contributed by atoms with Gasteiger partial charge in [-0.05, 0) is 37.6 Å². The van der Waals surface area contributed by atoms with Crippen molar-refractivity contribution in [3.8, 4) is 0 Å². The lowest BCUT2D eigenvalue weighted by Gasteiger charge is -2.06. The van der Waals surface area contributed by atoms with Crippen molar-refractivity contribution in [3.63, 3.8) is 0 Å². The number of benzene rings is 1. The van der Waals surface area contributed by atoms with Crippen LogP contribution >= 0.6 is 15.9 Å². The summed E-state index contributed by atoms with van der Waals surface area (Å²) in [5, 5.41) is 9.39. The van der Waals surface area contributed by atoms with Crippen LogP contribution in [0.5, 0.6) is 0 Å². The van der Waals surface area contributed by atoms with Gasteiger partial charge >= 0.3 is 0 Å². The minimum Gasteiger partial charge on any atom is -0.322 e. The lowest BCUT2D eigenvalue weighted by atomic mass is 10.2. The van der Waals surface area contributed by atoms with Crippen molar-refractivity contribution >= 4 is 27.5 Å². The number of aromatic amines is 1. The molecule has 0 aliphatic carbocycles. The van der Waals surface area contributed by atoms with Gasteiger partial charge < -0.3 is 5.32 Å². The van der Waals surface area contributed by atoms with E-state index in [4.69, 9.17) is 0 Å². The summed E-state index contributed by atoms with van der Waals surface area (Å²) < 4.78 is 1.02. The monoisotopic (exact) mass is 293 g/mol. The summed E-state index contributed by atoms with van der Waals surface area (Å²) in [6, 6.07) is 5.68. The fraction of sp³-hybridized carbons (Fsp3) is 0.167. The van der Waals surface area contributed by atoms with E-state index in [1.807, 2.05) is 32.0 Å². The number of amides is 1. The molecule has 0 unspecified atom stereocenters. The minimum atomic E-state index is -0.155. The number of rotatable bonds is 2. The minimum absolute atomic E-state index is 0.155. The van der Waals surface area contributed by atoms with Crippen LogP contribution in [0.15, 0.2) is 28.9 Å². The molecule has 1 amide bonds. The molecule has 1 aromatic heterocycles. The quantitative estimate of drug-likeness (QED) is 0.894. The predicted molar refractivity (Wildman–Crippen MR) is 70.2 cm³/mol. The molecule has 0 atom stereocenters. The van der Waals surface area contributed by atoms with E-state index >= 15 is 0 Å². The topological polar surface area (TPSA) is 57.8 Å². The van der Waals surface area contributed by atoms with Gasteiger partial charge in [-0.15, -0.1) is 0 Å². The number of hydrogen-bond donors (Lipinski definition) is 2. The summed E-state index contributed by atoms with van der Waals surface area (Å²) in [5.74, 6) is -0.155. The fourth-order valence-electron chi connectivity index (χ4n) is 1.50. The van der Waals surface area contributed by atoms with E-state index in [0.29, 0.717) is 5.56 Å². The van der Waals surface area contributed by atoms with Crippen molar-refractivity contribution in [2.24, 2.45) is 0 Å². The number of halogens is 1. The van der Waals surface area contributed by atoms with E-state index in [1.54, 1.807) is 0 Å². The molecule has 88 valence electrons. The molecule has 1 aromatic carbocycles. The first-order chi connectivity index (χ1) is 8.08. The van der Waals surface area contributed by atoms with Crippen LogP contribution in [-0.4, -0.2) is 16.1 Å². The van der Waals surface area contributed by atoms with E-state index in [1.165, 1.54) is 6.20 Å². The van der Waals surface area contributed by atoms with Crippen LogP contribution < -0.4 is 5.32 Å². The second-order valence-electron chi connectivity index (χ2n) is 3.83. The maximum Gasteiger partial charge on any atom is 0.259 e. The number of carbonyl (C=O) groups is 1. The molecule has 0 aliphatic rings. The third-order valence-corrected chi connectivity index (χ3v) is 3.38. The molecule has 4 nitrogen and oxygen atoms in total. The Morgan fingerprint density at radius 3 is 2.76 bits per heavy atom. The van der Waals surface area contributed by atoms with Crippen molar-refractivity contribution in [2.75, 3.05) is 5.32 Å². The highest BCUT2D eigenvalue weighted by Gasteiger charge is 2.11. The molecule has 0 saturated heterocycles. The first-order valence-electron chi connectivity index (χ1n) is 5.15. The van der Waals surface area contributed by atoms with Crippen LogP contribution in [0.2, 0.25) is 0 Å². The lowest BCUT2D eigenvalue weighted by molar-refractivity contribution is 0.102. The Morgan fingerprint density at radius 1 is 1.41 bits per heavy atom. The van der Waals surface area contributed by atoms with E-state index in [2.05, 4.69) is 31.4 Å². The Morgan fingerprint density at radius 2 is 2.18 bits per heavy atom. The highest BCUT2D eigenvalue weighted by atomic mass is 79.9. The molecule has 0 bridgehead atoms. The van der Waals surface area contributed by atoms with Crippen molar-refractivity contribution in [1.29, 1.82) is 0 Å². The second-order valence-corrected chi connectivity index (χ2v) is 4.68. The average Bonchev–Trinajstić information content (AvgIpc) is 2.70. The van der Waals surface area contributed by atoms with E-state index in [9.17, 15) is 4.79 Å². The summed E-state index contributed by atoms with van der Waals surface area (Å²) in [6.07, 6.45) is 1.52. The summed E-state index contributed by atoms with van der Waals surface area (Å²) in [5.41, 5.74) is 3.17. The molecule has 2 aromatic rings. The van der Waals surface area contributed by atoms with Gasteiger partial charge in [-0.2, -0.15) is 5.10 Å². The number of aryl methyl sites for hydroxylation is 2.